The lowest BCUT2D eigenvalue weighted by Gasteiger charge is -2.37. The maximum absolute atomic E-state index is 12.6. The first-order valence-electron chi connectivity index (χ1n) is 9.86. The fourth-order valence-electron chi connectivity index (χ4n) is 3.97. The van der Waals surface area contributed by atoms with Crippen molar-refractivity contribution in [1.29, 1.82) is 0 Å². The summed E-state index contributed by atoms with van der Waals surface area (Å²) in [6, 6.07) is 20.5. The molecule has 0 N–H and O–H groups in total. The number of allylic oxidation sites excluding steroid dienone is 4. The fraction of sp³-hybridized carbons (Fsp3) is 0.240. The largest absolute Gasteiger partial charge is 0.344 e. The SMILES string of the molecule is O=C(/C=C1/C=CN(C2CCCCC2)C(c2ccccc2)=C1)c1ccccc1. The van der Waals surface area contributed by atoms with Gasteiger partial charge in [-0.1, -0.05) is 79.9 Å². The number of carbonyl (C=O) groups excluding carboxylic acids is 1. The van der Waals surface area contributed by atoms with Crippen LogP contribution in [0.2, 0.25) is 0 Å². The van der Waals surface area contributed by atoms with Gasteiger partial charge in [-0.15, -0.1) is 0 Å². The van der Waals surface area contributed by atoms with E-state index < -0.39 is 0 Å². The Bertz CT molecular complexity index is 871. The van der Waals surface area contributed by atoms with Gasteiger partial charge in [0.1, 0.15) is 0 Å². The summed E-state index contributed by atoms with van der Waals surface area (Å²) in [5, 5.41) is 0. The molecule has 0 unspecified atom stereocenters. The van der Waals surface area contributed by atoms with Crippen molar-refractivity contribution in [2.75, 3.05) is 0 Å². The molecule has 4 rings (SSSR count). The summed E-state index contributed by atoms with van der Waals surface area (Å²) in [6.07, 6.45) is 14.5. The average Bonchev–Trinajstić information content (AvgIpc) is 2.75. The fourth-order valence-corrected chi connectivity index (χ4v) is 3.97. The van der Waals surface area contributed by atoms with Gasteiger partial charge in [-0.05, 0) is 42.2 Å². The van der Waals surface area contributed by atoms with Crippen molar-refractivity contribution in [3.8, 4) is 0 Å². The monoisotopic (exact) mass is 355 g/mol. The number of nitrogens with zero attached hydrogens (tertiary/aromatic N) is 1. The van der Waals surface area contributed by atoms with Crippen molar-refractivity contribution in [2.24, 2.45) is 0 Å². The Morgan fingerprint density at radius 3 is 2.26 bits per heavy atom. The minimum Gasteiger partial charge on any atom is -0.344 e. The van der Waals surface area contributed by atoms with E-state index in [4.69, 9.17) is 0 Å². The average molecular weight is 355 g/mol. The maximum atomic E-state index is 12.6. The zero-order valence-electron chi connectivity index (χ0n) is 15.6. The van der Waals surface area contributed by atoms with Crippen molar-refractivity contribution in [3.05, 3.63) is 102 Å². The van der Waals surface area contributed by atoms with Crippen LogP contribution in [0.1, 0.15) is 48.0 Å². The minimum atomic E-state index is 0.0463. The minimum absolute atomic E-state index is 0.0463. The van der Waals surface area contributed by atoms with Gasteiger partial charge in [-0.3, -0.25) is 4.79 Å². The second kappa shape index (κ2) is 8.22. The van der Waals surface area contributed by atoms with Gasteiger partial charge in [0, 0.05) is 23.5 Å². The second-order valence-corrected chi connectivity index (χ2v) is 7.29. The van der Waals surface area contributed by atoms with Crippen LogP contribution in [0.4, 0.5) is 0 Å². The molecule has 1 aliphatic carbocycles. The van der Waals surface area contributed by atoms with Gasteiger partial charge >= 0.3 is 0 Å². The van der Waals surface area contributed by atoms with Gasteiger partial charge in [0.2, 0.25) is 0 Å². The number of rotatable bonds is 4. The topological polar surface area (TPSA) is 20.3 Å². The highest BCUT2D eigenvalue weighted by molar-refractivity contribution is 6.05. The van der Waals surface area contributed by atoms with E-state index in [2.05, 4.69) is 47.5 Å². The van der Waals surface area contributed by atoms with E-state index >= 15 is 0 Å². The maximum Gasteiger partial charge on any atom is 0.186 e. The van der Waals surface area contributed by atoms with Crippen LogP contribution in [0.15, 0.2) is 90.7 Å². The van der Waals surface area contributed by atoms with Crippen LogP contribution in [0, 0.1) is 0 Å². The van der Waals surface area contributed by atoms with E-state index in [-0.39, 0.29) is 5.78 Å². The lowest BCUT2D eigenvalue weighted by Crippen LogP contribution is -2.32. The van der Waals surface area contributed by atoms with Crippen LogP contribution in [-0.2, 0) is 0 Å². The molecule has 2 nitrogen and oxygen atoms in total. The molecule has 1 heterocycles. The molecule has 0 atom stereocenters. The highest BCUT2D eigenvalue weighted by Gasteiger charge is 2.24. The number of benzene rings is 2. The molecule has 2 aliphatic rings. The summed E-state index contributed by atoms with van der Waals surface area (Å²) < 4.78 is 0. The molecule has 136 valence electrons. The predicted octanol–water partition coefficient (Wildman–Crippen LogP) is 6.00. The summed E-state index contributed by atoms with van der Waals surface area (Å²) >= 11 is 0. The van der Waals surface area contributed by atoms with Crippen molar-refractivity contribution in [1.82, 2.24) is 4.90 Å². The Labute approximate surface area is 161 Å². The lowest BCUT2D eigenvalue weighted by molar-refractivity contribution is 0.104. The molecule has 2 aromatic rings. The molecule has 0 amide bonds. The van der Waals surface area contributed by atoms with Gasteiger partial charge in [-0.2, -0.15) is 0 Å². The Hall–Kier alpha value is -2.87. The third-order valence-corrected chi connectivity index (χ3v) is 5.40. The van der Waals surface area contributed by atoms with E-state index in [0.717, 1.165) is 11.1 Å². The van der Waals surface area contributed by atoms with Crippen LogP contribution < -0.4 is 0 Å². The Morgan fingerprint density at radius 2 is 1.56 bits per heavy atom. The molecule has 1 fully saturated rings. The summed E-state index contributed by atoms with van der Waals surface area (Å²) in [7, 11) is 0. The first-order valence-corrected chi connectivity index (χ1v) is 9.86. The molecule has 0 bridgehead atoms. The van der Waals surface area contributed by atoms with E-state index in [1.165, 1.54) is 43.4 Å². The zero-order valence-corrected chi connectivity index (χ0v) is 15.6. The smallest absolute Gasteiger partial charge is 0.186 e. The Kier molecular flexibility index (Phi) is 5.34. The molecule has 0 radical (unpaired) electrons. The number of hydrogen-bond donors (Lipinski definition) is 0. The third-order valence-electron chi connectivity index (χ3n) is 5.40. The molecule has 1 saturated carbocycles. The summed E-state index contributed by atoms with van der Waals surface area (Å²) in [5.41, 5.74) is 4.07. The van der Waals surface area contributed by atoms with Crippen molar-refractivity contribution in [2.45, 2.75) is 38.1 Å². The molecule has 27 heavy (non-hydrogen) atoms. The molecule has 1 aliphatic heterocycles. The lowest BCUT2D eigenvalue weighted by atomic mass is 9.92. The quantitative estimate of drug-likeness (QED) is 0.495. The zero-order chi connectivity index (χ0) is 18.5. The van der Waals surface area contributed by atoms with Gasteiger partial charge in [-0.25, -0.2) is 0 Å². The van der Waals surface area contributed by atoms with Gasteiger partial charge in [0.15, 0.2) is 5.78 Å². The van der Waals surface area contributed by atoms with Gasteiger partial charge in [0.05, 0.1) is 0 Å². The highest BCUT2D eigenvalue weighted by atomic mass is 16.1. The number of hydrogen-bond acceptors (Lipinski definition) is 2. The molecule has 0 spiro atoms. The third kappa shape index (κ3) is 4.11. The van der Waals surface area contributed by atoms with Crippen molar-refractivity contribution in [3.63, 3.8) is 0 Å². The van der Waals surface area contributed by atoms with Crippen LogP contribution >= 0.6 is 0 Å². The van der Waals surface area contributed by atoms with Crippen molar-refractivity contribution >= 4 is 11.5 Å². The normalized spacial score (nSPS) is 19.2. The molecule has 0 aromatic heterocycles. The van der Waals surface area contributed by atoms with Crippen molar-refractivity contribution < 1.29 is 4.79 Å². The Morgan fingerprint density at radius 1 is 0.889 bits per heavy atom. The number of carbonyl (C=O) groups is 1. The summed E-state index contributed by atoms with van der Waals surface area (Å²) in [5.74, 6) is 0.0463. The van der Waals surface area contributed by atoms with Crippen LogP contribution in [-0.4, -0.2) is 16.7 Å². The van der Waals surface area contributed by atoms with Gasteiger partial charge < -0.3 is 4.90 Å². The van der Waals surface area contributed by atoms with Crippen LogP contribution in [0.3, 0.4) is 0 Å². The molecule has 0 saturated heterocycles. The summed E-state index contributed by atoms with van der Waals surface area (Å²) in [6.45, 7) is 0. The van der Waals surface area contributed by atoms with E-state index in [0.29, 0.717) is 6.04 Å². The Balaban J connectivity index is 1.66. The van der Waals surface area contributed by atoms with Crippen LogP contribution in [0.5, 0.6) is 0 Å². The molecule has 2 heteroatoms. The molecular weight excluding hydrogens is 330 g/mol. The highest BCUT2D eigenvalue weighted by Crippen LogP contribution is 2.33. The summed E-state index contributed by atoms with van der Waals surface area (Å²) in [4.78, 5) is 15.0. The first-order chi connectivity index (χ1) is 13.3. The van der Waals surface area contributed by atoms with E-state index in [1.54, 1.807) is 6.08 Å². The standard InChI is InChI=1S/C25H25NO/c27-25(22-12-6-2-7-13-22)19-20-16-17-26(23-14-8-3-9-15-23)24(18-20)21-10-4-1-5-11-21/h1-2,4-7,10-13,16-19,23H,3,8-9,14-15H2/b20-19-. The molecule has 2 aromatic carbocycles. The number of ketones is 1. The second-order valence-electron chi connectivity index (χ2n) is 7.29. The first kappa shape index (κ1) is 17.5. The molecular formula is C25H25NO. The van der Waals surface area contributed by atoms with E-state index in [9.17, 15) is 4.79 Å². The predicted molar refractivity (Wildman–Crippen MR) is 111 cm³/mol. The van der Waals surface area contributed by atoms with Gasteiger partial charge in [0.25, 0.3) is 0 Å². The van der Waals surface area contributed by atoms with Crippen LogP contribution in [0.25, 0.3) is 5.70 Å². The van der Waals surface area contributed by atoms with E-state index in [1.807, 2.05) is 36.4 Å².